The van der Waals surface area contributed by atoms with Crippen LogP contribution in [0.15, 0.2) is 0 Å². The van der Waals surface area contributed by atoms with E-state index in [-0.39, 0.29) is 5.92 Å². The van der Waals surface area contributed by atoms with Crippen molar-refractivity contribution in [3.63, 3.8) is 0 Å². The van der Waals surface area contributed by atoms with Gasteiger partial charge in [0.15, 0.2) is 0 Å². The zero-order valence-electron chi connectivity index (χ0n) is 6.59. The molecule has 0 radical (unpaired) electrons. The van der Waals surface area contributed by atoms with E-state index in [1.807, 2.05) is 14.1 Å². The van der Waals surface area contributed by atoms with Gasteiger partial charge in [0.1, 0.15) is 0 Å². The van der Waals surface area contributed by atoms with Gasteiger partial charge in [-0.3, -0.25) is 15.2 Å². The molecule has 4 heteroatoms. The lowest BCUT2D eigenvalue weighted by Gasteiger charge is -2.13. The van der Waals surface area contributed by atoms with Gasteiger partial charge in [-0.15, -0.1) is 0 Å². The lowest BCUT2D eigenvalue weighted by molar-refractivity contribution is -0.141. The number of nitrogens with zero attached hydrogens (tertiary/aromatic N) is 1. The van der Waals surface area contributed by atoms with Crippen molar-refractivity contribution in [1.29, 1.82) is 0 Å². The molecular formula is C6H14N2O2. The summed E-state index contributed by atoms with van der Waals surface area (Å²) in [5.41, 5.74) is 2.88. The van der Waals surface area contributed by atoms with Crippen LogP contribution in [0.3, 0.4) is 0 Å². The predicted molar refractivity (Wildman–Crippen MR) is 38.5 cm³/mol. The van der Waals surface area contributed by atoms with Crippen LogP contribution in [0.4, 0.5) is 0 Å². The number of hydrogen-bond acceptors (Lipinski definition) is 3. The molecule has 0 aromatic rings. The maximum Gasteiger partial charge on any atom is 0.307 e. The molecule has 0 spiro atoms. The predicted octanol–water partition coefficient (Wildman–Crippen LogP) is -0.227. The first-order chi connectivity index (χ1) is 4.54. The van der Waals surface area contributed by atoms with Crippen molar-refractivity contribution in [3.8, 4) is 0 Å². The fraction of sp³-hybridized carbons (Fsp3) is 0.833. The number of carboxylic acids is 1. The molecular weight excluding hydrogens is 132 g/mol. The number of carboxylic acid groups (broad SMARTS) is 1. The fourth-order valence-electron chi connectivity index (χ4n) is 0.407. The largest absolute Gasteiger partial charge is 0.481 e. The smallest absolute Gasteiger partial charge is 0.307 e. The van der Waals surface area contributed by atoms with Crippen LogP contribution in [0.1, 0.15) is 6.92 Å². The number of nitrogens with one attached hydrogen (secondary N) is 1. The number of rotatable bonds is 4. The molecule has 0 aliphatic heterocycles. The van der Waals surface area contributed by atoms with E-state index in [4.69, 9.17) is 5.11 Å². The van der Waals surface area contributed by atoms with Gasteiger partial charge in [-0.25, -0.2) is 0 Å². The quantitative estimate of drug-likeness (QED) is 0.538. The van der Waals surface area contributed by atoms with Gasteiger partial charge in [0.05, 0.1) is 5.92 Å². The Hall–Kier alpha value is -0.610. The monoisotopic (exact) mass is 146 g/mol. The van der Waals surface area contributed by atoms with Gasteiger partial charge in [0.25, 0.3) is 0 Å². The van der Waals surface area contributed by atoms with Crippen molar-refractivity contribution in [3.05, 3.63) is 0 Å². The minimum Gasteiger partial charge on any atom is -0.481 e. The molecule has 0 aliphatic carbocycles. The normalized spacial score (nSPS) is 13.6. The lowest BCUT2D eigenvalue weighted by Crippen LogP contribution is -2.36. The van der Waals surface area contributed by atoms with Gasteiger partial charge >= 0.3 is 5.97 Å². The number of hydrogen-bond donors (Lipinski definition) is 2. The van der Waals surface area contributed by atoms with Crippen molar-refractivity contribution >= 4 is 5.97 Å². The van der Waals surface area contributed by atoms with E-state index in [1.54, 1.807) is 11.9 Å². The van der Waals surface area contributed by atoms with Crippen LogP contribution < -0.4 is 5.43 Å². The summed E-state index contributed by atoms with van der Waals surface area (Å²) in [5, 5.41) is 10.2. The first-order valence-electron chi connectivity index (χ1n) is 3.17. The summed E-state index contributed by atoms with van der Waals surface area (Å²) < 4.78 is 0. The highest BCUT2D eigenvalue weighted by atomic mass is 16.4. The number of carbonyl (C=O) groups is 1. The van der Waals surface area contributed by atoms with E-state index in [9.17, 15) is 4.79 Å². The van der Waals surface area contributed by atoms with Crippen LogP contribution >= 0.6 is 0 Å². The number of aliphatic carboxylic acids is 1. The van der Waals surface area contributed by atoms with Crippen molar-refractivity contribution in [2.75, 3.05) is 20.6 Å². The minimum atomic E-state index is -0.769. The Labute approximate surface area is 60.8 Å². The van der Waals surface area contributed by atoms with Crippen molar-refractivity contribution < 1.29 is 9.90 Å². The van der Waals surface area contributed by atoms with E-state index < -0.39 is 5.97 Å². The minimum absolute atomic E-state index is 0.331. The third-order valence-electron chi connectivity index (χ3n) is 1.14. The standard InChI is InChI=1S/C6H14N2O2/c1-5(6(9)10)4-7-8(2)3/h5,7H,4H2,1-3H3,(H,9,10). The molecule has 0 fully saturated rings. The molecule has 0 aliphatic rings. The van der Waals surface area contributed by atoms with E-state index in [2.05, 4.69) is 5.43 Å². The van der Waals surface area contributed by atoms with Crippen molar-refractivity contribution in [2.45, 2.75) is 6.92 Å². The molecule has 0 saturated carbocycles. The van der Waals surface area contributed by atoms with Crippen LogP contribution in [0, 0.1) is 5.92 Å². The Bertz CT molecular complexity index is 114. The van der Waals surface area contributed by atoms with E-state index in [0.29, 0.717) is 6.54 Å². The maximum absolute atomic E-state index is 10.3. The average molecular weight is 146 g/mol. The summed E-state index contributed by atoms with van der Waals surface area (Å²) in [6.45, 7) is 2.14. The maximum atomic E-state index is 10.3. The average Bonchev–Trinajstić information content (AvgIpc) is 1.82. The van der Waals surface area contributed by atoms with Crippen molar-refractivity contribution in [2.24, 2.45) is 5.92 Å². The molecule has 0 aromatic carbocycles. The second-order valence-corrected chi connectivity index (χ2v) is 2.50. The lowest BCUT2D eigenvalue weighted by atomic mass is 10.2. The zero-order chi connectivity index (χ0) is 8.15. The van der Waals surface area contributed by atoms with Gasteiger partial charge in [-0.05, 0) is 0 Å². The van der Waals surface area contributed by atoms with Gasteiger partial charge in [-0.2, -0.15) is 0 Å². The summed E-state index contributed by atoms with van der Waals surface area (Å²) >= 11 is 0. The van der Waals surface area contributed by atoms with E-state index in [1.165, 1.54) is 0 Å². The second kappa shape index (κ2) is 4.24. The summed E-state index contributed by atoms with van der Waals surface area (Å²) in [6.07, 6.45) is 0. The van der Waals surface area contributed by atoms with Crippen LogP contribution in [-0.2, 0) is 4.79 Å². The first-order valence-corrected chi connectivity index (χ1v) is 3.17. The SMILES string of the molecule is CC(CNN(C)C)C(=O)O. The Balaban J connectivity index is 3.40. The first kappa shape index (κ1) is 9.39. The van der Waals surface area contributed by atoms with Crippen LogP contribution in [0.5, 0.6) is 0 Å². The summed E-state index contributed by atoms with van der Waals surface area (Å²) in [5.74, 6) is -1.10. The highest BCUT2D eigenvalue weighted by molar-refractivity contribution is 5.69. The number of hydrazine groups is 1. The van der Waals surface area contributed by atoms with Crippen LogP contribution in [-0.4, -0.2) is 36.7 Å². The molecule has 0 amide bonds. The molecule has 0 aromatic heterocycles. The molecule has 4 nitrogen and oxygen atoms in total. The molecule has 1 atom stereocenters. The highest BCUT2D eigenvalue weighted by Gasteiger charge is 2.09. The van der Waals surface area contributed by atoms with Gasteiger partial charge < -0.3 is 5.11 Å². The van der Waals surface area contributed by atoms with E-state index in [0.717, 1.165) is 0 Å². The summed E-state index contributed by atoms with van der Waals surface area (Å²) in [4.78, 5) is 10.3. The highest BCUT2D eigenvalue weighted by Crippen LogP contribution is 1.90. The zero-order valence-corrected chi connectivity index (χ0v) is 6.59. The fourth-order valence-corrected chi connectivity index (χ4v) is 0.407. The molecule has 2 N–H and O–H groups in total. The third-order valence-corrected chi connectivity index (χ3v) is 1.14. The second-order valence-electron chi connectivity index (χ2n) is 2.50. The summed E-state index contributed by atoms with van der Waals surface area (Å²) in [7, 11) is 3.66. The van der Waals surface area contributed by atoms with Gasteiger partial charge in [0.2, 0.25) is 0 Å². The van der Waals surface area contributed by atoms with Crippen LogP contribution in [0.25, 0.3) is 0 Å². The molecule has 60 valence electrons. The Kier molecular flexibility index (Phi) is 3.99. The van der Waals surface area contributed by atoms with Crippen LogP contribution in [0.2, 0.25) is 0 Å². The molecule has 0 heterocycles. The third kappa shape index (κ3) is 4.29. The van der Waals surface area contributed by atoms with Gasteiger partial charge in [-0.1, -0.05) is 6.92 Å². The molecule has 0 saturated heterocycles. The molecule has 0 rings (SSSR count). The Morgan fingerprint density at radius 3 is 2.50 bits per heavy atom. The topological polar surface area (TPSA) is 52.6 Å². The summed E-state index contributed by atoms with van der Waals surface area (Å²) in [6, 6.07) is 0. The van der Waals surface area contributed by atoms with E-state index >= 15 is 0 Å². The molecule has 0 bridgehead atoms. The van der Waals surface area contributed by atoms with Crippen molar-refractivity contribution in [1.82, 2.24) is 10.4 Å². The molecule has 10 heavy (non-hydrogen) atoms. The Morgan fingerprint density at radius 2 is 2.20 bits per heavy atom. The Morgan fingerprint density at radius 1 is 1.70 bits per heavy atom. The van der Waals surface area contributed by atoms with Gasteiger partial charge in [0, 0.05) is 20.6 Å². The molecule has 1 unspecified atom stereocenters.